The van der Waals surface area contributed by atoms with Crippen LogP contribution in [-0.2, 0) is 0 Å². The first kappa shape index (κ1) is 24.7. The molecule has 0 rings (SSSR count). The van der Waals surface area contributed by atoms with Gasteiger partial charge in [-0.05, 0) is 32.1 Å². The highest BCUT2D eigenvalue weighted by atomic mass is 14.2. The monoisotopic (exact) mass is 350 g/mol. The molecular weight excluding hydrogens is 300 g/mol. The van der Waals surface area contributed by atoms with Crippen molar-refractivity contribution < 1.29 is 0 Å². The SMILES string of the molecule is CCCCCCCCCCCCCCCCC(C)C(C)CC=C(C)C. The Bertz CT molecular complexity index is 284. The number of rotatable bonds is 18. The Hall–Kier alpha value is -0.260. The molecule has 0 spiro atoms. The van der Waals surface area contributed by atoms with Gasteiger partial charge in [0.2, 0.25) is 0 Å². The lowest BCUT2D eigenvalue weighted by atomic mass is 9.88. The van der Waals surface area contributed by atoms with Gasteiger partial charge in [-0.1, -0.05) is 129 Å². The van der Waals surface area contributed by atoms with E-state index in [1.54, 1.807) is 0 Å². The summed E-state index contributed by atoms with van der Waals surface area (Å²) >= 11 is 0. The summed E-state index contributed by atoms with van der Waals surface area (Å²) in [6.07, 6.45) is 25.5. The molecule has 0 aliphatic rings. The van der Waals surface area contributed by atoms with E-state index in [1.807, 2.05) is 0 Å². The molecule has 0 aromatic heterocycles. The highest BCUT2D eigenvalue weighted by Gasteiger charge is 2.10. The topological polar surface area (TPSA) is 0 Å². The molecule has 0 amide bonds. The minimum Gasteiger partial charge on any atom is -0.0856 e. The first-order chi connectivity index (χ1) is 12.1. The van der Waals surface area contributed by atoms with E-state index >= 15 is 0 Å². The standard InChI is InChI=1S/C25H50/c1-6-7-8-9-10-11-12-13-14-15-16-17-18-19-20-24(4)25(5)22-21-23(2)3/h21,24-25H,6-20,22H2,1-5H3. The van der Waals surface area contributed by atoms with Crippen molar-refractivity contribution in [2.24, 2.45) is 11.8 Å². The van der Waals surface area contributed by atoms with Crippen LogP contribution in [-0.4, -0.2) is 0 Å². The minimum atomic E-state index is 0.844. The van der Waals surface area contributed by atoms with Gasteiger partial charge < -0.3 is 0 Å². The van der Waals surface area contributed by atoms with Crippen LogP contribution in [0, 0.1) is 11.8 Å². The van der Waals surface area contributed by atoms with Crippen molar-refractivity contribution >= 4 is 0 Å². The predicted molar refractivity (Wildman–Crippen MR) is 117 cm³/mol. The molecule has 0 N–H and O–H groups in total. The van der Waals surface area contributed by atoms with E-state index in [9.17, 15) is 0 Å². The van der Waals surface area contributed by atoms with E-state index in [0.717, 1.165) is 11.8 Å². The van der Waals surface area contributed by atoms with Gasteiger partial charge in [0.25, 0.3) is 0 Å². The smallest absolute Gasteiger partial charge is 0.0320 e. The third-order valence-corrected chi connectivity index (χ3v) is 5.88. The van der Waals surface area contributed by atoms with Crippen molar-refractivity contribution in [3.05, 3.63) is 11.6 Å². The lowest BCUT2D eigenvalue weighted by Gasteiger charge is -2.18. The minimum absolute atomic E-state index is 0.844. The van der Waals surface area contributed by atoms with Crippen molar-refractivity contribution in [2.75, 3.05) is 0 Å². The number of unbranched alkanes of at least 4 members (excludes halogenated alkanes) is 13. The molecule has 0 aliphatic carbocycles. The van der Waals surface area contributed by atoms with Crippen LogP contribution < -0.4 is 0 Å². The Labute approximate surface area is 161 Å². The van der Waals surface area contributed by atoms with Gasteiger partial charge in [0.1, 0.15) is 0 Å². The number of hydrogen-bond donors (Lipinski definition) is 0. The second-order valence-electron chi connectivity index (χ2n) is 8.86. The Balaban J connectivity index is 3.26. The van der Waals surface area contributed by atoms with Gasteiger partial charge in [0, 0.05) is 0 Å². The van der Waals surface area contributed by atoms with Gasteiger partial charge in [-0.15, -0.1) is 0 Å². The zero-order valence-electron chi connectivity index (χ0n) is 18.5. The fraction of sp³-hybridized carbons (Fsp3) is 0.920. The summed E-state index contributed by atoms with van der Waals surface area (Å²) in [4.78, 5) is 0. The highest BCUT2D eigenvalue weighted by Crippen LogP contribution is 2.23. The molecule has 0 aromatic carbocycles. The summed E-state index contributed by atoms with van der Waals surface area (Å²) < 4.78 is 0. The second kappa shape index (κ2) is 18.5. The molecule has 0 radical (unpaired) electrons. The average Bonchev–Trinajstić information content (AvgIpc) is 2.59. The molecule has 0 saturated carbocycles. The molecule has 0 saturated heterocycles. The lowest BCUT2D eigenvalue weighted by molar-refractivity contribution is 0.352. The van der Waals surface area contributed by atoms with Gasteiger partial charge in [0.15, 0.2) is 0 Å². The molecule has 0 bridgehead atoms. The molecule has 0 nitrogen and oxygen atoms in total. The summed E-state index contributed by atoms with van der Waals surface area (Å²) in [6.45, 7) is 11.6. The Kier molecular flexibility index (Phi) is 18.3. The highest BCUT2D eigenvalue weighted by molar-refractivity contribution is 4.94. The van der Waals surface area contributed by atoms with E-state index in [2.05, 4.69) is 40.7 Å². The zero-order chi connectivity index (χ0) is 18.8. The van der Waals surface area contributed by atoms with Gasteiger partial charge in [-0.3, -0.25) is 0 Å². The lowest BCUT2D eigenvalue weighted by Crippen LogP contribution is -2.07. The molecule has 2 atom stereocenters. The van der Waals surface area contributed by atoms with Crippen molar-refractivity contribution in [3.63, 3.8) is 0 Å². The van der Waals surface area contributed by atoms with E-state index in [0.29, 0.717) is 0 Å². The van der Waals surface area contributed by atoms with Crippen LogP contribution in [0.2, 0.25) is 0 Å². The largest absolute Gasteiger partial charge is 0.0856 e. The van der Waals surface area contributed by atoms with E-state index in [-0.39, 0.29) is 0 Å². The quantitative estimate of drug-likeness (QED) is 0.170. The fourth-order valence-corrected chi connectivity index (χ4v) is 3.60. The molecular formula is C25H50. The molecule has 2 unspecified atom stereocenters. The molecule has 0 aromatic rings. The predicted octanol–water partition coefficient (Wildman–Crippen LogP) is 9.49. The van der Waals surface area contributed by atoms with Crippen LogP contribution in [0.4, 0.5) is 0 Å². The van der Waals surface area contributed by atoms with Gasteiger partial charge >= 0.3 is 0 Å². The molecule has 0 heterocycles. The first-order valence-electron chi connectivity index (χ1n) is 11.7. The number of hydrogen-bond acceptors (Lipinski definition) is 0. The maximum absolute atomic E-state index is 2.45. The summed E-state index contributed by atoms with van der Waals surface area (Å²) in [7, 11) is 0. The van der Waals surface area contributed by atoms with Crippen molar-refractivity contribution in [1.29, 1.82) is 0 Å². The van der Waals surface area contributed by atoms with Crippen molar-refractivity contribution in [2.45, 2.75) is 137 Å². The molecule has 150 valence electrons. The van der Waals surface area contributed by atoms with Gasteiger partial charge in [0.05, 0.1) is 0 Å². The maximum atomic E-state index is 2.45. The molecule has 0 heteroatoms. The van der Waals surface area contributed by atoms with Crippen LogP contribution in [0.1, 0.15) is 137 Å². The maximum Gasteiger partial charge on any atom is -0.0320 e. The molecule has 25 heavy (non-hydrogen) atoms. The average molecular weight is 351 g/mol. The van der Waals surface area contributed by atoms with Crippen LogP contribution in [0.5, 0.6) is 0 Å². The number of allylic oxidation sites excluding steroid dienone is 2. The second-order valence-corrected chi connectivity index (χ2v) is 8.86. The van der Waals surface area contributed by atoms with Crippen LogP contribution in [0.3, 0.4) is 0 Å². The summed E-state index contributed by atoms with van der Waals surface area (Å²) in [5.74, 6) is 1.73. The third kappa shape index (κ3) is 18.3. The van der Waals surface area contributed by atoms with Gasteiger partial charge in [-0.25, -0.2) is 0 Å². The van der Waals surface area contributed by atoms with Crippen LogP contribution >= 0.6 is 0 Å². The van der Waals surface area contributed by atoms with E-state index in [1.165, 1.54) is 108 Å². The van der Waals surface area contributed by atoms with Gasteiger partial charge in [-0.2, -0.15) is 0 Å². The van der Waals surface area contributed by atoms with Crippen LogP contribution in [0.15, 0.2) is 11.6 Å². The normalized spacial score (nSPS) is 13.6. The summed E-state index contributed by atoms with van der Waals surface area (Å²) in [5, 5.41) is 0. The van der Waals surface area contributed by atoms with E-state index in [4.69, 9.17) is 0 Å². The molecule has 0 fully saturated rings. The fourth-order valence-electron chi connectivity index (χ4n) is 3.60. The van der Waals surface area contributed by atoms with Crippen LogP contribution in [0.25, 0.3) is 0 Å². The van der Waals surface area contributed by atoms with Crippen molar-refractivity contribution in [3.8, 4) is 0 Å². The molecule has 0 aliphatic heterocycles. The Morgan fingerprint density at radius 3 is 1.40 bits per heavy atom. The first-order valence-corrected chi connectivity index (χ1v) is 11.7. The summed E-state index contributed by atoms with van der Waals surface area (Å²) in [5.41, 5.74) is 1.47. The zero-order valence-corrected chi connectivity index (χ0v) is 18.5. The summed E-state index contributed by atoms with van der Waals surface area (Å²) in [6, 6.07) is 0. The third-order valence-electron chi connectivity index (χ3n) is 5.88. The van der Waals surface area contributed by atoms with E-state index < -0.39 is 0 Å². The Morgan fingerprint density at radius 2 is 1.00 bits per heavy atom. The van der Waals surface area contributed by atoms with Crippen molar-refractivity contribution in [1.82, 2.24) is 0 Å². The Morgan fingerprint density at radius 1 is 0.600 bits per heavy atom.